The van der Waals surface area contributed by atoms with E-state index >= 15 is 0 Å². The lowest BCUT2D eigenvalue weighted by Crippen LogP contribution is -2.14. The molecule has 0 unspecified atom stereocenters. The highest BCUT2D eigenvalue weighted by molar-refractivity contribution is 5.86. The molecule has 1 aromatic carbocycles. The second-order valence-corrected chi connectivity index (χ2v) is 4.86. The van der Waals surface area contributed by atoms with Gasteiger partial charge in [0.15, 0.2) is 17.0 Å². The van der Waals surface area contributed by atoms with Gasteiger partial charge in [-0.1, -0.05) is 0 Å². The van der Waals surface area contributed by atoms with Gasteiger partial charge in [-0.05, 0) is 30.3 Å². The average Bonchev–Trinajstić information content (AvgIpc) is 2.97. The van der Waals surface area contributed by atoms with Crippen LogP contribution in [0.15, 0.2) is 36.4 Å². The van der Waals surface area contributed by atoms with Crippen LogP contribution in [0.1, 0.15) is 16.2 Å². The number of hydrogen-bond donors (Lipinski definition) is 1. The molecule has 1 N–H and O–H groups in total. The third kappa shape index (κ3) is 2.75. The maximum absolute atomic E-state index is 13.3. The van der Waals surface area contributed by atoms with Crippen LogP contribution in [0.25, 0.3) is 16.9 Å². The minimum Gasteiger partial charge on any atom is -0.497 e. The first-order valence-electron chi connectivity index (χ1n) is 6.65. The Morgan fingerprint density at radius 1 is 1.21 bits per heavy atom. The van der Waals surface area contributed by atoms with Gasteiger partial charge in [0.05, 0.1) is 12.8 Å². The number of methoxy groups -OCH3 is 1. The molecular weight excluding hydrogens is 327 g/mol. The standard InChI is InChI=1S/C15H10F3N3O3/c1-24-9-4-2-8(3-5-9)10-6-12(15(16,17)18)21-13(19-10)7-11(20-21)14(22)23/h2-7H,1H3,(H,22,23). The number of aromatic nitrogens is 3. The summed E-state index contributed by atoms with van der Waals surface area (Å²) >= 11 is 0. The van der Waals surface area contributed by atoms with Crippen LogP contribution >= 0.6 is 0 Å². The lowest BCUT2D eigenvalue weighted by Gasteiger charge is -2.11. The summed E-state index contributed by atoms with van der Waals surface area (Å²) in [6.45, 7) is 0. The van der Waals surface area contributed by atoms with Crippen LogP contribution in [0.2, 0.25) is 0 Å². The van der Waals surface area contributed by atoms with E-state index < -0.39 is 23.5 Å². The average molecular weight is 337 g/mol. The van der Waals surface area contributed by atoms with Crippen molar-refractivity contribution in [1.29, 1.82) is 0 Å². The van der Waals surface area contributed by atoms with E-state index in [0.717, 1.165) is 12.1 Å². The molecular formula is C15H10F3N3O3. The molecule has 0 bridgehead atoms. The Morgan fingerprint density at radius 2 is 1.88 bits per heavy atom. The van der Waals surface area contributed by atoms with Gasteiger partial charge in [-0.15, -0.1) is 0 Å². The van der Waals surface area contributed by atoms with E-state index in [0.29, 0.717) is 15.8 Å². The number of halogens is 3. The molecule has 2 heterocycles. The van der Waals surface area contributed by atoms with E-state index in [1.165, 1.54) is 7.11 Å². The highest BCUT2D eigenvalue weighted by Gasteiger charge is 2.35. The van der Waals surface area contributed by atoms with E-state index in [-0.39, 0.29) is 11.3 Å². The molecule has 0 spiro atoms. The van der Waals surface area contributed by atoms with E-state index in [1.54, 1.807) is 24.3 Å². The quantitative estimate of drug-likeness (QED) is 0.795. The maximum Gasteiger partial charge on any atom is 0.433 e. The Labute approximate surface area is 133 Å². The number of hydrogen-bond acceptors (Lipinski definition) is 4. The Hall–Kier alpha value is -3.10. The first kappa shape index (κ1) is 15.8. The van der Waals surface area contributed by atoms with E-state index in [2.05, 4.69) is 10.1 Å². The van der Waals surface area contributed by atoms with Crippen molar-refractivity contribution in [3.05, 3.63) is 47.8 Å². The summed E-state index contributed by atoms with van der Waals surface area (Å²) in [5, 5.41) is 12.4. The number of carboxylic acids is 1. The molecule has 0 saturated carbocycles. The van der Waals surface area contributed by atoms with Gasteiger partial charge in [-0.25, -0.2) is 14.3 Å². The van der Waals surface area contributed by atoms with Gasteiger partial charge in [-0.3, -0.25) is 0 Å². The third-order valence-electron chi connectivity index (χ3n) is 3.32. The van der Waals surface area contributed by atoms with E-state index in [9.17, 15) is 18.0 Å². The number of aromatic carboxylic acids is 1. The second kappa shape index (κ2) is 5.52. The van der Waals surface area contributed by atoms with Crippen LogP contribution in [-0.4, -0.2) is 32.8 Å². The zero-order valence-corrected chi connectivity index (χ0v) is 12.2. The summed E-state index contributed by atoms with van der Waals surface area (Å²) in [6, 6.07) is 8.12. The number of benzene rings is 1. The molecule has 24 heavy (non-hydrogen) atoms. The predicted octanol–water partition coefficient (Wildman–Crippen LogP) is 3.12. The molecule has 124 valence electrons. The summed E-state index contributed by atoms with van der Waals surface area (Å²) in [5.41, 5.74) is -1.34. The fourth-order valence-corrected chi connectivity index (χ4v) is 2.19. The zero-order chi connectivity index (χ0) is 17.5. The molecule has 0 radical (unpaired) electrons. The largest absolute Gasteiger partial charge is 0.497 e. The molecule has 0 amide bonds. The van der Waals surface area contributed by atoms with Crippen molar-refractivity contribution >= 4 is 11.6 Å². The van der Waals surface area contributed by atoms with Gasteiger partial charge in [0.2, 0.25) is 0 Å². The number of fused-ring (bicyclic) bond motifs is 1. The fourth-order valence-electron chi connectivity index (χ4n) is 2.19. The van der Waals surface area contributed by atoms with Gasteiger partial charge in [-0.2, -0.15) is 18.3 Å². The van der Waals surface area contributed by atoms with Crippen LogP contribution in [0, 0.1) is 0 Å². The van der Waals surface area contributed by atoms with Crippen molar-refractivity contribution in [1.82, 2.24) is 14.6 Å². The SMILES string of the molecule is COc1ccc(-c2cc(C(F)(F)F)n3nc(C(=O)O)cc3n2)cc1. The molecule has 0 atom stereocenters. The summed E-state index contributed by atoms with van der Waals surface area (Å²) in [6.07, 6.45) is -4.72. The second-order valence-electron chi connectivity index (χ2n) is 4.86. The summed E-state index contributed by atoms with van der Waals surface area (Å²) in [5.74, 6) is -0.881. The minimum absolute atomic E-state index is 0.0503. The highest BCUT2D eigenvalue weighted by atomic mass is 19.4. The topological polar surface area (TPSA) is 76.7 Å². The minimum atomic E-state index is -4.72. The van der Waals surface area contributed by atoms with Gasteiger partial charge < -0.3 is 9.84 Å². The van der Waals surface area contributed by atoms with Gasteiger partial charge >= 0.3 is 12.1 Å². The normalized spacial score (nSPS) is 11.7. The van der Waals surface area contributed by atoms with E-state index in [1.807, 2.05) is 0 Å². The molecule has 0 aliphatic heterocycles. The number of ether oxygens (including phenoxy) is 1. The monoisotopic (exact) mass is 337 g/mol. The van der Waals surface area contributed by atoms with E-state index in [4.69, 9.17) is 9.84 Å². The predicted molar refractivity (Wildman–Crippen MR) is 76.9 cm³/mol. The van der Waals surface area contributed by atoms with Crippen LogP contribution in [0.3, 0.4) is 0 Å². The number of carboxylic acid groups (broad SMARTS) is 1. The summed E-state index contributed by atoms with van der Waals surface area (Å²) in [7, 11) is 1.47. The number of alkyl halides is 3. The number of carbonyl (C=O) groups is 1. The first-order chi connectivity index (χ1) is 11.3. The molecule has 6 nitrogen and oxygen atoms in total. The lowest BCUT2D eigenvalue weighted by molar-refractivity contribution is -0.142. The third-order valence-corrected chi connectivity index (χ3v) is 3.32. The lowest BCUT2D eigenvalue weighted by atomic mass is 10.1. The highest BCUT2D eigenvalue weighted by Crippen LogP contribution is 2.32. The van der Waals surface area contributed by atoms with Crippen LogP contribution in [-0.2, 0) is 6.18 Å². The number of nitrogens with zero attached hydrogens (tertiary/aromatic N) is 3. The summed E-state index contributed by atoms with van der Waals surface area (Å²) in [4.78, 5) is 15.0. The van der Waals surface area contributed by atoms with Crippen molar-refractivity contribution < 1.29 is 27.8 Å². The van der Waals surface area contributed by atoms with Gasteiger partial charge in [0.25, 0.3) is 0 Å². The molecule has 0 saturated heterocycles. The molecule has 0 aliphatic carbocycles. The van der Waals surface area contributed by atoms with Crippen LogP contribution in [0.5, 0.6) is 5.75 Å². The molecule has 3 rings (SSSR count). The van der Waals surface area contributed by atoms with Crippen molar-refractivity contribution in [3.63, 3.8) is 0 Å². The number of rotatable bonds is 3. The van der Waals surface area contributed by atoms with Crippen molar-refractivity contribution in [2.24, 2.45) is 0 Å². The Bertz CT molecular complexity index is 917. The fraction of sp³-hybridized carbons (Fsp3) is 0.133. The Morgan fingerprint density at radius 3 is 2.42 bits per heavy atom. The molecule has 0 fully saturated rings. The van der Waals surface area contributed by atoms with Gasteiger partial charge in [0, 0.05) is 11.6 Å². The van der Waals surface area contributed by atoms with Crippen LogP contribution in [0.4, 0.5) is 13.2 Å². The zero-order valence-electron chi connectivity index (χ0n) is 12.2. The Kier molecular flexibility index (Phi) is 3.63. The summed E-state index contributed by atoms with van der Waals surface area (Å²) < 4.78 is 45.3. The van der Waals surface area contributed by atoms with Crippen molar-refractivity contribution in [2.45, 2.75) is 6.18 Å². The maximum atomic E-state index is 13.3. The Balaban J connectivity index is 2.23. The molecule has 9 heteroatoms. The van der Waals surface area contributed by atoms with Crippen LogP contribution < -0.4 is 4.74 Å². The van der Waals surface area contributed by atoms with Crippen molar-refractivity contribution in [3.8, 4) is 17.0 Å². The molecule has 2 aromatic heterocycles. The first-order valence-corrected chi connectivity index (χ1v) is 6.65. The van der Waals surface area contributed by atoms with Crippen molar-refractivity contribution in [2.75, 3.05) is 7.11 Å². The van der Waals surface area contributed by atoms with Gasteiger partial charge in [0.1, 0.15) is 5.75 Å². The molecule has 0 aliphatic rings. The molecule has 3 aromatic rings. The smallest absolute Gasteiger partial charge is 0.433 e.